The van der Waals surface area contributed by atoms with E-state index in [1.165, 1.54) is 6.92 Å². The lowest BCUT2D eigenvalue weighted by Crippen LogP contribution is -2.24. The molecule has 2 N–H and O–H groups in total. The Hall–Kier alpha value is -2.32. The zero-order valence-corrected chi connectivity index (χ0v) is 10.3. The van der Waals surface area contributed by atoms with Gasteiger partial charge in [-0.05, 0) is 19.1 Å². The SMILES string of the molecule is CC(CC(F)(F)F)Nc1ccc([N+](=O)[O-])c(C(=O)O)c1. The summed E-state index contributed by atoms with van der Waals surface area (Å²) in [6, 6.07) is 2.05. The van der Waals surface area contributed by atoms with Crippen LogP contribution in [0.2, 0.25) is 0 Å². The highest BCUT2D eigenvalue weighted by atomic mass is 19.4. The summed E-state index contributed by atoms with van der Waals surface area (Å²) in [5.41, 5.74) is -1.13. The monoisotopic (exact) mass is 292 g/mol. The number of hydrogen-bond acceptors (Lipinski definition) is 4. The summed E-state index contributed by atoms with van der Waals surface area (Å²) in [4.78, 5) is 20.6. The lowest BCUT2D eigenvalue weighted by Gasteiger charge is -2.17. The number of benzene rings is 1. The third-order valence-electron chi connectivity index (χ3n) is 2.37. The molecule has 0 spiro atoms. The van der Waals surface area contributed by atoms with Crippen LogP contribution in [0.25, 0.3) is 0 Å². The highest BCUT2D eigenvalue weighted by molar-refractivity contribution is 5.93. The van der Waals surface area contributed by atoms with E-state index in [1.807, 2.05) is 0 Å². The molecule has 1 aromatic carbocycles. The maximum atomic E-state index is 12.2. The van der Waals surface area contributed by atoms with Crippen molar-refractivity contribution < 1.29 is 28.0 Å². The Labute approximate surface area is 111 Å². The van der Waals surface area contributed by atoms with Gasteiger partial charge in [0, 0.05) is 17.8 Å². The number of rotatable bonds is 5. The predicted molar refractivity (Wildman–Crippen MR) is 63.8 cm³/mol. The van der Waals surface area contributed by atoms with E-state index in [1.54, 1.807) is 0 Å². The van der Waals surface area contributed by atoms with Crippen molar-refractivity contribution in [3.05, 3.63) is 33.9 Å². The van der Waals surface area contributed by atoms with Crippen molar-refractivity contribution in [2.45, 2.75) is 25.6 Å². The second-order valence-corrected chi connectivity index (χ2v) is 4.16. The Morgan fingerprint density at radius 3 is 2.55 bits per heavy atom. The summed E-state index contributed by atoms with van der Waals surface area (Å²) in [5, 5.41) is 21.9. The molecule has 0 saturated carbocycles. The largest absolute Gasteiger partial charge is 0.477 e. The summed E-state index contributed by atoms with van der Waals surface area (Å²) in [6.45, 7) is 1.27. The molecule has 0 fully saturated rings. The van der Waals surface area contributed by atoms with Crippen LogP contribution in [0.3, 0.4) is 0 Å². The number of nitrogens with one attached hydrogen (secondary N) is 1. The minimum Gasteiger partial charge on any atom is -0.477 e. The van der Waals surface area contributed by atoms with Crippen LogP contribution < -0.4 is 5.32 Å². The quantitative estimate of drug-likeness (QED) is 0.642. The van der Waals surface area contributed by atoms with Gasteiger partial charge in [0.05, 0.1) is 11.3 Å². The minimum absolute atomic E-state index is 0.0738. The number of aromatic carboxylic acids is 1. The lowest BCUT2D eigenvalue weighted by atomic mass is 10.1. The second-order valence-electron chi connectivity index (χ2n) is 4.16. The fraction of sp³-hybridized carbons (Fsp3) is 0.364. The average Bonchev–Trinajstić information content (AvgIpc) is 2.25. The zero-order chi connectivity index (χ0) is 15.5. The number of alkyl halides is 3. The van der Waals surface area contributed by atoms with Gasteiger partial charge in [-0.2, -0.15) is 13.2 Å². The van der Waals surface area contributed by atoms with Crippen LogP contribution in [0, 0.1) is 10.1 Å². The molecule has 9 heteroatoms. The number of carboxylic acid groups (broad SMARTS) is 1. The first-order chi connectivity index (χ1) is 9.10. The van der Waals surface area contributed by atoms with Gasteiger partial charge in [0.15, 0.2) is 0 Å². The van der Waals surface area contributed by atoms with Gasteiger partial charge < -0.3 is 10.4 Å². The normalized spacial score (nSPS) is 12.8. The third kappa shape index (κ3) is 4.41. The van der Waals surface area contributed by atoms with Crippen LogP contribution in [-0.4, -0.2) is 28.2 Å². The average molecular weight is 292 g/mol. The smallest absolute Gasteiger partial charge is 0.391 e. The molecule has 0 bridgehead atoms. The molecule has 0 aliphatic rings. The van der Waals surface area contributed by atoms with Crippen LogP contribution >= 0.6 is 0 Å². The summed E-state index contributed by atoms with van der Waals surface area (Å²) < 4.78 is 36.5. The van der Waals surface area contributed by atoms with Crippen molar-refractivity contribution in [3.63, 3.8) is 0 Å². The molecule has 0 radical (unpaired) electrons. The first-order valence-electron chi connectivity index (χ1n) is 5.45. The van der Waals surface area contributed by atoms with Crippen molar-refractivity contribution in [2.75, 3.05) is 5.32 Å². The second kappa shape index (κ2) is 5.76. The first kappa shape index (κ1) is 15.7. The molecule has 20 heavy (non-hydrogen) atoms. The Morgan fingerprint density at radius 1 is 1.50 bits per heavy atom. The molecule has 1 rings (SSSR count). The Morgan fingerprint density at radius 2 is 2.10 bits per heavy atom. The Balaban J connectivity index is 2.96. The fourth-order valence-electron chi connectivity index (χ4n) is 1.64. The van der Waals surface area contributed by atoms with Crippen molar-refractivity contribution in [1.29, 1.82) is 0 Å². The van der Waals surface area contributed by atoms with Crippen LogP contribution in [0.1, 0.15) is 23.7 Å². The van der Waals surface area contributed by atoms with E-state index in [9.17, 15) is 28.1 Å². The van der Waals surface area contributed by atoms with Crippen molar-refractivity contribution in [3.8, 4) is 0 Å². The number of carbonyl (C=O) groups is 1. The Kier molecular flexibility index (Phi) is 4.53. The molecule has 0 aromatic heterocycles. The van der Waals surface area contributed by atoms with Crippen LogP contribution in [0.5, 0.6) is 0 Å². The van der Waals surface area contributed by atoms with Crippen LogP contribution in [0.15, 0.2) is 18.2 Å². The number of nitro benzene ring substituents is 1. The summed E-state index contributed by atoms with van der Waals surface area (Å²) in [5.74, 6) is -1.52. The van der Waals surface area contributed by atoms with Gasteiger partial charge in [0.1, 0.15) is 5.56 Å². The maximum Gasteiger partial charge on any atom is 0.391 e. The number of carboxylic acids is 1. The van der Waals surface area contributed by atoms with Gasteiger partial charge in [0.25, 0.3) is 5.69 Å². The van der Waals surface area contributed by atoms with Gasteiger partial charge in [-0.25, -0.2) is 4.79 Å². The molecule has 1 atom stereocenters. The minimum atomic E-state index is -4.36. The zero-order valence-electron chi connectivity index (χ0n) is 10.3. The summed E-state index contributed by atoms with van der Waals surface area (Å²) in [7, 11) is 0. The highest BCUT2D eigenvalue weighted by Gasteiger charge is 2.30. The summed E-state index contributed by atoms with van der Waals surface area (Å²) in [6.07, 6.45) is -5.46. The standard InChI is InChI=1S/C11H11F3N2O4/c1-6(5-11(12,13)14)15-7-2-3-9(16(19)20)8(4-7)10(17)18/h2-4,6,15H,5H2,1H3,(H,17,18). The topological polar surface area (TPSA) is 92.5 Å². The molecule has 0 saturated heterocycles. The third-order valence-corrected chi connectivity index (χ3v) is 2.37. The van der Waals surface area contributed by atoms with Gasteiger partial charge >= 0.3 is 12.1 Å². The highest BCUT2D eigenvalue weighted by Crippen LogP contribution is 2.26. The van der Waals surface area contributed by atoms with Crippen LogP contribution in [-0.2, 0) is 0 Å². The molecule has 1 aromatic rings. The number of anilines is 1. The molecular formula is C11H11F3N2O4. The Bertz CT molecular complexity index is 531. The van der Waals surface area contributed by atoms with Crippen molar-refractivity contribution in [1.82, 2.24) is 0 Å². The van der Waals surface area contributed by atoms with Crippen LogP contribution in [0.4, 0.5) is 24.5 Å². The first-order valence-corrected chi connectivity index (χ1v) is 5.45. The molecule has 0 heterocycles. The number of halogens is 3. The molecule has 6 nitrogen and oxygen atoms in total. The van der Waals surface area contributed by atoms with E-state index in [-0.39, 0.29) is 5.69 Å². The summed E-state index contributed by atoms with van der Waals surface area (Å²) >= 11 is 0. The van der Waals surface area contributed by atoms with Gasteiger partial charge in [-0.15, -0.1) is 0 Å². The van der Waals surface area contributed by atoms with E-state index < -0.39 is 40.8 Å². The van der Waals surface area contributed by atoms with Gasteiger partial charge in [0.2, 0.25) is 0 Å². The molecular weight excluding hydrogens is 281 g/mol. The maximum absolute atomic E-state index is 12.2. The number of nitro groups is 1. The molecule has 110 valence electrons. The number of hydrogen-bond donors (Lipinski definition) is 2. The molecule has 0 aliphatic heterocycles. The fourth-order valence-corrected chi connectivity index (χ4v) is 1.64. The van der Waals surface area contributed by atoms with Gasteiger partial charge in [-0.1, -0.05) is 0 Å². The van der Waals surface area contributed by atoms with E-state index in [4.69, 9.17) is 5.11 Å². The predicted octanol–water partition coefficient (Wildman–Crippen LogP) is 3.05. The van der Waals surface area contributed by atoms with Crippen molar-refractivity contribution in [2.24, 2.45) is 0 Å². The number of nitrogens with zero attached hydrogens (tertiary/aromatic N) is 1. The van der Waals surface area contributed by atoms with E-state index in [0.717, 1.165) is 18.2 Å². The van der Waals surface area contributed by atoms with E-state index >= 15 is 0 Å². The van der Waals surface area contributed by atoms with E-state index in [0.29, 0.717) is 0 Å². The van der Waals surface area contributed by atoms with E-state index in [2.05, 4.69) is 5.32 Å². The van der Waals surface area contributed by atoms with Crippen molar-refractivity contribution >= 4 is 17.3 Å². The molecule has 0 aliphatic carbocycles. The molecule has 1 unspecified atom stereocenters. The van der Waals surface area contributed by atoms with Gasteiger partial charge in [-0.3, -0.25) is 10.1 Å². The molecule has 0 amide bonds. The lowest BCUT2D eigenvalue weighted by molar-refractivity contribution is -0.385.